The minimum absolute atomic E-state index is 0.403. The van der Waals surface area contributed by atoms with Crippen LogP contribution in [-0.4, -0.2) is 78.8 Å². The lowest BCUT2D eigenvalue weighted by Crippen LogP contribution is -2.39. The first kappa shape index (κ1) is 26.9. The standard InChI is InChI=1S/C24H39N7O4/c1-33-20-7-5-19(6-8-20)17-27-22-29-21(26-12-14-35-16-15-34-13-11-25)30-23(31-22)28-18-24(32)9-3-2-4-10-24/h5-8,32H,2-4,9-18,25H2,1H3,(H3,26,27,28,29,30,31). The number of rotatable bonds is 16. The van der Waals surface area contributed by atoms with E-state index in [2.05, 4.69) is 30.9 Å². The molecule has 2 aromatic rings. The number of hydrogen-bond acceptors (Lipinski definition) is 11. The van der Waals surface area contributed by atoms with Gasteiger partial charge in [0.05, 0.1) is 39.1 Å². The third kappa shape index (κ3) is 9.81. The molecule has 0 bridgehead atoms. The summed E-state index contributed by atoms with van der Waals surface area (Å²) >= 11 is 0. The highest BCUT2D eigenvalue weighted by atomic mass is 16.5. The molecule has 194 valence electrons. The second kappa shape index (κ2) is 14.6. The third-order valence-corrected chi connectivity index (χ3v) is 5.77. The van der Waals surface area contributed by atoms with Gasteiger partial charge in [-0.15, -0.1) is 0 Å². The number of aromatic nitrogens is 3. The van der Waals surface area contributed by atoms with Gasteiger partial charge in [-0.2, -0.15) is 15.0 Å². The van der Waals surface area contributed by atoms with Gasteiger partial charge in [0.15, 0.2) is 0 Å². The van der Waals surface area contributed by atoms with Gasteiger partial charge in [0.25, 0.3) is 0 Å². The Morgan fingerprint density at radius 1 is 0.857 bits per heavy atom. The Morgan fingerprint density at radius 3 is 2.14 bits per heavy atom. The van der Waals surface area contributed by atoms with E-state index in [1.54, 1.807) is 7.11 Å². The van der Waals surface area contributed by atoms with Crippen LogP contribution in [0.15, 0.2) is 24.3 Å². The van der Waals surface area contributed by atoms with Crippen molar-refractivity contribution in [3.63, 3.8) is 0 Å². The second-order valence-electron chi connectivity index (χ2n) is 8.59. The number of aliphatic hydroxyl groups is 1. The monoisotopic (exact) mass is 489 g/mol. The van der Waals surface area contributed by atoms with Crippen molar-refractivity contribution in [3.05, 3.63) is 29.8 Å². The van der Waals surface area contributed by atoms with Gasteiger partial charge < -0.3 is 41.0 Å². The van der Waals surface area contributed by atoms with E-state index in [-0.39, 0.29) is 0 Å². The number of nitrogens with zero attached hydrogens (tertiary/aromatic N) is 3. The number of benzene rings is 1. The van der Waals surface area contributed by atoms with Crippen LogP contribution in [0.1, 0.15) is 37.7 Å². The van der Waals surface area contributed by atoms with Gasteiger partial charge >= 0.3 is 0 Å². The molecule has 0 unspecified atom stereocenters. The summed E-state index contributed by atoms with van der Waals surface area (Å²) < 4.78 is 16.1. The fraction of sp³-hybridized carbons (Fsp3) is 0.625. The van der Waals surface area contributed by atoms with Crippen LogP contribution in [0.5, 0.6) is 5.75 Å². The third-order valence-electron chi connectivity index (χ3n) is 5.77. The van der Waals surface area contributed by atoms with Crippen molar-refractivity contribution in [3.8, 4) is 5.75 Å². The molecule has 1 aromatic heterocycles. The van der Waals surface area contributed by atoms with Crippen LogP contribution in [0, 0.1) is 0 Å². The molecule has 6 N–H and O–H groups in total. The van der Waals surface area contributed by atoms with Gasteiger partial charge in [-0.05, 0) is 30.5 Å². The van der Waals surface area contributed by atoms with E-state index < -0.39 is 5.60 Å². The van der Waals surface area contributed by atoms with E-state index in [9.17, 15) is 5.11 Å². The van der Waals surface area contributed by atoms with Gasteiger partial charge in [0, 0.05) is 26.2 Å². The summed E-state index contributed by atoms with van der Waals surface area (Å²) in [5.74, 6) is 2.08. The summed E-state index contributed by atoms with van der Waals surface area (Å²) in [6, 6.07) is 7.80. The zero-order valence-electron chi connectivity index (χ0n) is 20.6. The maximum absolute atomic E-state index is 10.8. The Kier molecular flexibility index (Phi) is 11.2. The molecule has 1 fully saturated rings. The summed E-state index contributed by atoms with van der Waals surface area (Å²) in [4.78, 5) is 13.5. The van der Waals surface area contributed by atoms with Crippen molar-refractivity contribution in [2.75, 3.05) is 69.1 Å². The summed E-state index contributed by atoms with van der Waals surface area (Å²) in [7, 11) is 1.64. The molecule has 3 rings (SSSR count). The number of anilines is 3. The van der Waals surface area contributed by atoms with Gasteiger partial charge in [0.2, 0.25) is 17.8 Å². The lowest BCUT2D eigenvalue weighted by Gasteiger charge is -2.32. The van der Waals surface area contributed by atoms with E-state index in [1.165, 1.54) is 6.42 Å². The molecule has 0 radical (unpaired) electrons. The van der Waals surface area contributed by atoms with Gasteiger partial charge in [-0.1, -0.05) is 31.4 Å². The first-order chi connectivity index (χ1) is 17.1. The molecule has 0 atom stereocenters. The molecule has 1 aliphatic carbocycles. The summed E-state index contributed by atoms with van der Waals surface area (Å²) in [5.41, 5.74) is 5.73. The lowest BCUT2D eigenvalue weighted by atomic mass is 9.85. The molecule has 0 saturated heterocycles. The van der Waals surface area contributed by atoms with Gasteiger partial charge in [-0.25, -0.2) is 0 Å². The van der Waals surface area contributed by atoms with E-state index in [1.807, 2.05) is 24.3 Å². The van der Waals surface area contributed by atoms with Crippen LogP contribution in [0.2, 0.25) is 0 Å². The van der Waals surface area contributed by atoms with Crippen molar-refractivity contribution < 1.29 is 19.3 Å². The first-order valence-electron chi connectivity index (χ1n) is 12.3. The summed E-state index contributed by atoms with van der Waals surface area (Å²) in [5, 5.41) is 20.5. The minimum Gasteiger partial charge on any atom is -0.497 e. The predicted octanol–water partition coefficient (Wildman–Crippen LogP) is 2.00. The average Bonchev–Trinajstić information content (AvgIpc) is 2.88. The second-order valence-corrected chi connectivity index (χ2v) is 8.59. The van der Waals surface area contributed by atoms with Gasteiger partial charge in [-0.3, -0.25) is 0 Å². The summed E-state index contributed by atoms with van der Waals surface area (Å²) in [6.07, 6.45) is 4.81. The van der Waals surface area contributed by atoms with Gasteiger partial charge in [0.1, 0.15) is 5.75 Å². The van der Waals surface area contributed by atoms with Crippen LogP contribution < -0.4 is 26.4 Å². The fourth-order valence-electron chi connectivity index (χ4n) is 3.81. The Balaban J connectivity index is 1.57. The predicted molar refractivity (Wildman–Crippen MR) is 136 cm³/mol. The molecule has 0 amide bonds. The highest BCUT2D eigenvalue weighted by Crippen LogP contribution is 2.28. The molecule has 1 aromatic carbocycles. The van der Waals surface area contributed by atoms with E-state index in [0.29, 0.717) is 70.5 Å². The van der Waals surface area contributed by atoms with Crippen LogP contribution in [-0.2, 0) is 16.0 Å². The molecule has 1 aliphatic rings. The fourth-order valence-corrected chi connectivity index (χ4v) is 3.81. The first-order valence-corrected chi connectivity index (χ1v) is 12.3. The largest absolute Gasteiger partial charge is 0.497 e. The molecule has 1 heterocycles. The Morgan fingerprint density at radius 2 is 1.49 bits per heavy atom. The molecule has 11 nitrogen and oxygen atoms in total. The number of methoxy groups -OCH3 is 1. The molecular weight excluding hydrogens is 450 g/mol. The average molecular weight is 490 g/mol. The van der Waals surface area contributed by atoms with Crippen molar-refractivity contribution >= 4 is 17.8 Å². The number of nitrogens with two attached hydrogens (primary N) is 1. The maximum Gasteiger partial charge on any atom is 0.229 e. The molecule has 0 spiro atoms. The van der Waals surface area contributed by atoms with Crippen LogP contribution in [0.4, 0.5) is 17.8 Å². The Labute approximate surface area is 207 Å². The Bertz CT molecular complexity index is 863. The van der Waals surface area contributed by atoms with Crippen molar-refractivity contribution in [2.45, 2.75) is 44.2 Å². The molecule has 11 heteroatoms. The highest BCUT2D eigenvalue weighted by Gasteiger charge is 2.29. The van der Waals surface area contributed by atoms with E-state index >= 15 is 0 Å². The lowest BCUT2D eigenvalue weighted by molar-refractivity contribution is 0.0166. The number of hydrogen-bond donors (Lipinski definition) is 5. The van der Waals surface area contributed by atoms with Crippen LogP contribution in [0.25, 0.3) is 0 Å². The van der Waals surface area contributed by atoms with E-state index in [4.69, 9.17) is 19.9 Å². The smallest absolute Gasteiger partial charge is 0.229 e. The number of nitrogens with one attached hydrogen (secondary N) is 3. The maximum atomic E-state index is 10.8. The van der Waals surface area contributed by atoms with Crippen molar-refractivity contribution in [1.29, 1.82) is 0 Å². The topological polar surface area (TPSA) is 149 Å². The molecule has 0 aliphatic heterocycles. The number of ether oxygens (including phenoxy) is 3. The SMILES string of the molecule is COc1ccc(CNc2nc(NCCOCCOCCN)nc(NCC3(O)CCCCC3)n2)cc1. The molecular formula is C24H39N7O4. The van der Waals surface area contributed by atoms with Crippen LogP contribution >= 0.6 is 0 Å². The Hall–Kier alpha value is -2.73. The van der Waals surface area contributed by atoms with Crippen molar-refractivity contribution in [1.82, 2.24) is 15.0 Å². The zero-order chi connectivity index (χ0) is 24.8. The zero-order valence-corrected chi connectivity index (χ0v) is 20.6. The van der Waals surface area contributed by atoms with E-state index in [0.717, 1.165) is 37.0 Å². The van der Waals surface area contributed by atoms with Crippen LogP contribution in [0.3, 0.4) is 0 Å². The minimum atomic E-state index is -0.727. The quantitative estimate of drug-likeness (QED) is 0.220. The van der Waals surface area contributed by atoms with Crippen molar-refractivity contribution in [2.24, 2.45) is 5.73 Å². The normalized spacial score (nSPS) is 14.9. The highest BCUT2D eigenvalue weighted by molar-refractivity contribution is 5.43. The molecule has 1 saturated carbocycles. The summed E-state index contributed by atoms with van der Waals surface area (Å²) in [6.45, 7) is 4.01. The molecule has 35 heavy (non-hydrogen) atoms.